The maximum atomic E-state index is 11.9. The van der Waals surface area contributed by atoms with Crippen LogP contribution in [0, 0.1) is 0 Å². The third kappa shape index (κ3) is 2.20. The number of para-hydroxylation sites is 1. The average molecular weight is 273 g/mol. The largest absolute Gasteiger partial charge is 0.287 e. The van der Waals surface area contributed by atoms with E-state index in [0.717, 1.165) is 10.2 Å². The molecule has 3 rings (SSSR count). The molecule has 0 radical (unpaired) electrons. The standard InChI is InChI=1S/C12H7N3OS2/c16-10(6-5-8-7-17-15-14-8)12-13-9-3-1-2-4-11(9)18-12/h1-7H/b6-5+. The first-order valence-corrected chi connectivity index (χ1v) is 6.83. The highest BCUT2D eigenvalue weighted by Crippen LogP contribution is 2.22. The molecule has 1 aromatic carbocycles. The Hall–Kier alpha value is -1.92. The lowest BCUT2D eigenvalue weighted by Crippen LogP contribution is -1.92. The molecule has 18 heavy (non-hydrogen) atoms. The van der Waals surface area contributed by atoms with Gasteiger partial charge >= 0.3 is 0 Å². The van der Waals surface area contributed by atoms with Gasteiger partial charge < -0.3 is 0 Å². The normalized spacial score (nSPS) is 11.3. The lowest BCUT2D eigenvalue weighted by molar-refractivity contribution is 0.104. The minimum absolute atomic E-state index is 0.107. The van der Waals surface area contributed by atoms with Crippen LogP contribution in [0.25, 0.3) is 16.3 Å². The number of allylic oxidation sites excluding steroid dienone is 1. The van der Waals surface area contributed by atoms with Crippen LogP contribution in [-0.2, 0) is 0 Å². The third-order valence-electron chi connectivity index (χ3n) is 2.29. The van der Waals surface area contributed by atoms with Crippen molar-refractivity contribution < 1.29 is 4.79 Å². The zero-order chi connectivity index (χ0) is 12.4. The van der Waals surface area contributed by atoms with Crippen LogP contribution in [-0.4, -0.2) is 20.4 Å². The summed E-state index contributed by atoms with van der Waals surface area (Å²) in [5.74, 6) is -0.107. The molecule has 0 saturated carbocycles. The molecule has 0 saturated heterocycles. The van der Waals surface area contributed by atoms with E-state index in [-0.39, 0.29) is 5.78 Å². The minimum atomic E-state index is -0.107. The van der Waals surface area contributed by atoms with Gasteiger partial charge in [-0.25, -0.2) is 4.98 Å². The fourth-order valence-electron chi connectivity index (χ4n) is 1.45. The van der Waals surface area contributed by atoms with E-state index in [2.05, 4.69) is 14.6 Å². The van der Waals surface area contributed by atoms with Gasteiger partial charge in [-0.1, -0.05) is 16.6 Å². The van der Waals surface area contributed by atoms with Crippen LogP contribution in [0.4, 0.5) is 0 Å². The Labute approximate surface area is 111 Å². The van der Waals surface area contributed by atoms with Crippen molar-refractivity contribution in [3.63, 3.8) is 0 Å². The van der Waals surface area contributed by atoms with Crippen molar-refractivity contribution in [2.24, 2.45) is 0 Å². The van der Waals surface area contributed by atoms with Crippen LogP contribution in [0.2, 0.25) is 0 Å². The van der Waals surface area contributed by atoms with Crippen LogP contribution in [0.3, 0.4) is 0 Å². The molecule has 2 aromatic heterocycles. The molecule has 0 N–H and O–H groups in total. The average Bonchev–Trinajstić information content (AvgIpc) is 3.04. The second kappa shape index (κ2) is 4.75. The molecule has 4 nitrogen and oxygen atoms in total. The molecule has 0 fully saturated rings. The van der Waals surface area contributed by atoms with Gasteiger partial charge in [-0.3, -0.25) is 4.79 Å². The van der Waals surface area contributed by atoms with Gasteiger partial charge in [0.25, 0.3) is 0 Å². The Bertz CT molecular complexity index is 683. The Kier molecular flexibility index (Phi) is 2.95. The second-order valence-corrected chi connectivity index (χ2v) is 5.15. The summed E-state index contributed by atoms with van der Waals surface area (Å²) >= 11 is 2.65. The highest BCUT2D eigenvalue weighted by atomic mass is 32.1. The van der Waals surface area contributed by atoms with E-state index in [1.807, 2.05) is 24.3 Å². The molecule has 0 aliphatic rings. The van der Waals surface area contributed by atoms with E-state index < -0.39 is 0 Å². The highest BCUT2D eigenvalue weighted by molar-refractivity contribution is 7.20. The quantitative estimate of drug-likeness (QED) is 0.543. The minimum Gasteiger partial charge on any atom is -0.287 e. The summed E-state index contributed by atoms with van der Waals surface area (Å²) in [6.45, 7) is 0. The summed E-state index contributed by atoms with van der Waals surface area (Å²) in [5, 5.41) is 6.11. The van der Waals surface area contributed by atoms with Crippen molar-refractivity contribution in [3.05, 3.63) is 46.4 Å². The fraction of sp³-hybridized carbons (Fsp3) is 0. The molecule has 0 amide bonds. The van der Waals surface area contributed by atoms with Gasteiger partial charge in [-0.15, -0.1) is 16.4 Å². The number of fused-ring (bicyclic) bond motifs is 1. The maximum Gasteiger partial charge on any atom is 0.214 e. The highest BCUT2D eigenvalue weighted by Gasteiger charge is 2.08. The summed E-state index contributed by atoms with van der Waals surface area (Å²) < 4.78 is 4.74. The molecule has 3 aromatic rings. The lowest BCUT2D eigenvalue weighted by atomic mass is 10.3. The topological polar surface area (TPSA) is 55.7 Å². The number of nitrogens with zero attached hydrogens (tertiary/aromatic N) is 3. The summed E-state index contributed by atoms with van der Waals surface area (Å²) in [7, 11) is 0. The van der Waals surface area contributed by atoms with Gasteiger partial charge in [0, 0.05) is 5.38 Å². The molecular weight excluding hydrogens is 266 g/mol. The summed E-state index contributed by atoms with van der Waals surface area (Å²) in [6.07, 6.45) is 3.13. The number of carbonyl (C=O) groups is 1. The predicted octanol–water partition coefficient (Wildman–Crippen LogP) is 3.04. The van der Waals surface area contributed by atoms with Gasteiger partial charge in [-0.05, 0) is 35.8 Å². The molecule has 0 aliphatic heterocycles. The molecule has 0 spiro atoms. The van der Waals surface area contributed by atoms with Crippen molar-refractivity contribution in [2.75, 3.05) is 0 Å². The Morgan fingerprint density at radius 1 is 1.28 bits per heavy atom. The van der Waals surface area contributed by atoms with E-state index in [1.54, 1.807) is 11.5 Å². The number of hydrogen-bond donors (Lipinski definition) is 0. The third-order valence-corrected chi connectivity index (χ3v) is 3.86. The maximum absolute atomic E-state index is 11.9. The first-order valence-electron chi connectivity index (χ1n) is 5.18. The van der Waals surface area contributed by atoms with Gasteiger partial charge in [0.15, 0.2) is 5.01 Å². The lowest BCUT2D eigenvalue weighted by Gasteiger charge is -1.85. The summed E-state index contributed by atoms with van der Waals surface area (Å²) in [4.78, 5) is 16.2. The van der Waals surface area contributed by atoms with Gasteiger partial charge in [-0.2, -0.15) is 0 Å². The SMILES string of the molecule is O=C(/C=C/c1csnn1)c1nc2ccccc2s1. The van der Waals surface area contributed by atoms with Crippen molar-refractivity contribution in [2.45, 2.75) is 0 Å². The molecule has 0 unspecified atom stereocenters. The number of rotatable bonds is 3. The molecule has 0 bridgehead atoms. The smallest absolute Gasteiger partial charge is 0.214 e. The molecule has 0 atom stereocenters. The predicted molar refractivity (Wildman–Crippen MR) is 72.9 cm³/mol. The molecular formula is C12H7N3OS2. The van der Waals surface area contributed by atoms with Crippen LogP contribution in [0.5, 0.6) is 0 Å². The second-order valence-electron chi connectivity index (χ2n) is 3.51. The van der Waals surface area contributed by atoms with Crippen molar-refractivity contribution in [1.29, 1.82) is 0 Å². The number of aromatic nitrogens is 3. The Morgan fingerprint density at radius 3 is 2.94 bits per heavy atom. The van der Waals surface area contributed by atoms with Gasteiger partial charge in [0.1, 0.15) is 0 Å². The van der Waals surface area contributed by atoms with Gasteiger partial charge in [0.2, 0.25) is 5.78 Å². The van der Waals surface area contributed by atoms with E-state index in [0.29, 0.717) is 10.7 Å². The first kappa shape index (κ1) is 11.2. The van der Waals surface area contributed by atoms with Crippen LogP contribution in [0.1, 0.15) is 15.5 Å². The van der Waals surface area contributed by atoms with Gasteiger partial charge in [0.05, 0.1) is 15.9 Å². The Morgan fingerprint density at radius 2 is 2.17 bits per heavy atom. The fourth-order valence-corrected chi connectivity index (χ4v) is 2.76. The van der Waals surface area contributed by atoms with Crippen molar-refractivity contribution in [1.82, 2.24) is 14.6 Å². The Balaban J connectivity index is 1.88. The van der Waals surface area contributed by atoms with E-state index in [1.165, 1.54) is 28.9 Å². The monoisotopic (exact) mass is 273 g/mol. The number of ketones is 1. The van der Waals surface area contributed by atoms with E-state index >= 15 is 0 Å². The molecule has 2 heterocycles. The zero-order valence-electron chi connectivity index (χ0n) is 9.11. The zero-order valence-corrected chi connectivity index (χ0v) is 10.7. The first-order chi connectivity index (χ1) is 8.83. The summed E-state index contributed by atoms with van der Waals surface area (Å²) in [6, 6.07) is 7.70. The van der Waals surface area contributed by atoms with E-state index in [9.17, 15) is 4.79 Å². The summed E-state index contributed by atoms with van der Waals surface area (Å²) in [5.41, 5.74) is 1.55. The molecule has 0 aliphatic carbocycles. The van der Waals surface area contributed by atoms with Crippen LogP contribution in [0.15, 0.2) is 35.7 Å². The number of hydrogen-bond acceptors (Lipinski definition) is 6. The molecule has 88 valence electrons. The number of carbonyl (C=O) groups excluding carboxylic acids is 1. The van der Waals surface area contributed by atoms with E-state index in [4.69, 9.17) is 0 Å². The van der Waals surface area contributed by atoms with Crippen LogP contribution >= 0.6 is 22.9 Å². The number of thiazole rings is 1. The van der Waals surface area contributed by atoms with Crippen molar-refractivity contribution >= 4 is 44.9 Å². The molecule has 6 heteroatoms. The van der Waals surface area contributed by atoms with Crippen molar-refractivity contribution in [3.8, 4) is 0 Å². The van der Waals surface area contributed by atoms with Crippen LogP contribution < -0.4 is 0 Å². The number of benzene rings is 1.